The first kappa shape index (κ1) is 30.6. The molecule has 0 radical (unpaired) electrons. The molecule has 1 amide bonds. The van der Waals surface area contributed by atoms with Crippen LogP contribution in [0.5, 0.6) is 11.5 Å². The molecule has 3 aromatic carbocycles. The van der Waals surface area contributed by atoms with Gasteiger partial charge in [-0.25, -0.2) is 0 Å². The van der Waals surface area contributed by atoms with E-state index in [2.05, 4.69) is 61.7 Å². The number of carbonyl (C=O) groups excluding carboxylic acids is 1. The average molecular weight is 632 g/mol. The topological polar surface area (TPSA) is 122 Å². The Morgan fingerprint density at radius 1 is 0.936 bits per heavy atom. The summed E-state index contributed by atoms with van der Waals surface area (Å²) in [5, 5.41) is 18.7. The molecule has 1 unspecified atom stereocenters. The number of nitrogens with one attached hydrogen (secondary N) is 4. The molecule has 2 atom stereocenters. The van der Waals surface area contributed by atoms with Crippen LogP contribution in [0, 0.1) is 5.92 Å². The zero-order valence-electron chi connectivity index (χ0n) is 26.9. The Kier molecular flexibility index (Phi) is 8.92. The summed E-state index contributed by atoms with van der Waals surface area (Å²) < 4.78 is 13.5. The van der Waals surface area contributed by atoms with Crippen molar-refractivity contribution in [3.05, 3.63) is 107 Å². The molecule has 0 saturated carbocycles. The lowest BCUT2D eigenvalue weighted by atomic mass is 9.95. The molecule has 1 aliphatic heterocycles. The lowest BCUT2D eigenvalue weighted by Crippen LogP contribution is -2.42. The standard InChI is InChI=1S/C37H41N7O3/c1-46-27-15-13-26(34(18-27)47-2)23-44-35(16-14-24-20-39-32-11-5-3-9-28(24)32)42-43-36(44)31(22-41-37(45)25-8-7-17-38-19-25)30-21-40-33-12-6-4-10-29(30)33/h3-6,9-13,15,18,20-21,25,31,38-40H,7-8,14,16-17,19,22-23H2,1-2H3,(H,41,45)/t25-,31?/m1/s1. The number of rotatable bonds is 12. The molecule has 10 heteroatoms. The van der Waals surface area contributed by atoms with Crippen LogP contribution in [0.2, 0.25) is 0 Å². The minimum Gasteiger partial charge on any atom is -0.497 e. The lowest BCUT2D eigenvalue weighted by molar-refractivity contribution is -0.125. The number of H-pyrrole nitrogens is 2. The second kappa shape index (κ2) is 13.7. The molecule has 3 aromatic heterocycles. The number of methoxy groups -OCH3 is 2. The predicted molar refractivity (Wildman–Crippen MR) is 183 cm³/mol. The van der Waals surface area contributed by atoms with Crippen LogP contribution in [-0.2, 0) is 24.2 Å². The van der Waals surface area contributed by atoms with Crippen LogP contribution in [0.15, 0.2) is 79.1 Å². The zero-order chi connectivity index (χ0) is 32.2. The quantitative estimate of drug-likeness (QED) is 0.145. The van der Waals surface area contributed by atoms with E-state index in [0.29, 0.717) is 26.1 Å². The summed E-state index contributed by atoms with van der Waals surface area (Å²) in [6, 6.07) is 22.5. The van der Waals surface area contributed by atoms with Crippen LogP contribution in [-0.4, -0.2) is 64.5 Å². The number of nitrogens with zero attached hydrogens (tertiary/aromatic N) is 3. The van der Waals surface area contributed by atoms with Gasteiger partial charge in [-0.15, -0.1) is 10.2 Å². The Bertz CT molecular complexity index is 1980. The Morgan fingerprint density at radius 2 is 1.72 bits per heavy atom. The lowest BCUT2D eigenvalue weighted by Gasteiger charge is -2.24. The van der Waals surface area contributed by atoms with E-state index >= 15 is 0 Å². The maximum absolute atomic E-state index is 13.4. The van der Waals surface area contributed by atoms with E-state index in [9.17, 15) is 4.79 Å². The molecule has 0 bridgehead atoms. The molecule has 242 valence electrons. The van der Waals surface area contributed by atoms with E-state index in [4.69, 9.17) is 19.7 Å². The van der Waals surface area contributed by atoms with Crippen molar-refractivity contribution < 1.29 is 14.3 Å². The number of hydrogen-bond donors (Lipinski definition) is 4. The van der Waals surface area contributed by atoms with Gasteiger partial charge in [-0.05, 0) is 61.2 Å². The molecule has 10 nitrogen and oxygen atoms in total. The maximum atomic E-state index is 13.4. The van der Waals surface area contributed by atoms with Crippen molar-refractivity contribution in [1.29, 1.82) is 0 Å². The third-order valence-electron chi connectivity index (χ3n) is 9.43. The minimum atomic E-state index is -0.245. The van der Waals surface area contributed by atoms with Gasteiger partial charge in [0.25, 0.3) is 0 Å². The summed E-state index contributed by atoms with van der Waals surface area (Å²) in [6.07, 6.45) is 7.51. The van der Waals surface area contributed by atoms with Gasteiger partial charge < -0.3 is 34.6 Å². The number of benzene rings is 3. The number of para-hydroxylation sites is 2. The van der Waals surface area contributed by atoms with E-state index in [1.54, 1.807) is 14.2 Å². The molecular weight excluding hydrogens is 590 g/mol. The highest BCUT2D eigenvalue weighted by atomic mass is 16.5. The fourth-order valence-corrected chi connectivity index (χ4v) is 6.85. The molecule has 4 heterocycles. The second-order valence-corrected chi connectivity index (χ2v) is 12.2. The number of hydrogen-bond acceptors (Lipinski definition) is 6. The number of aryl methyl sites for hydroxylation is 2. The number of piperidine rings is 1. The smallest absolute Gasteiger partial charge is 0.224 e. The summed E-state index contributed by atoms with van der Waals surface area (Å²) in [7, 11) is 3.33. The van der Waals surface area contributed by atoms with E-state index in [0.717, 1.165) is 76.5 Å². The van der Waals surface area contributed by atoms with Gasteiger partial charge in [0.1, 0.15) is 23.1 Å². The third-order valence-corrected chi connectivity index (χ3v) is 9.43. The predicted octanol–water partition coefficient (Wildman–Crippen LogP) is 5.34. The van der Waals surface area contributed by atoms with E-state index < -0.39 is 0 Å². The number of ether oxygens (including phenoxy) is 2. The van der Waals surface area contributed by atoms with Gasteiger partial charge in [-0.2, -0.15) is 0 Å². The number of aromatic nitrogens is 5. The van der Waals surface area contributed by atoms with Crippen molar-refractivity contribution in [2.24, 2.45) is 5.92 Å². The molecule has 0 aliphatic carbocycles. The third kappa shape index (κ3) is 6.33. The van der Waals surface area contributed by atoms with Gasteiger partial charge in [-0.1, -0.05) is 36.4 Å². The van der Waals surface area contributed by atoms with E-state index in [1.807, 2.05) is 42.6 Å². The summed E-state index contributed by atoms with van der Waals surface area (Å²) in [5.74, 6) is 2.91. The van der Waals surface area contributed by atoms with Crippen LogP contribution < -0.4 is 20.1 Å². The van der Waals surface area contributed by atoms with Crippen LogP contribution in [0.3, 0.4) is 0 Å². The molecule has 47 heavy (non-hydrogen) atoms. The molecule has 7 rings (SSSR count). The largest absolute Gasteiger partial charge is 0.497 e. The number of carbonyl (C=O) groups is 1. The van der Waals surface area contributed by atoms with E-state index in [-0.39, 0.29) is 17.7 Å². The normalized spacial score (nSPS) is 15.6. The summed E-state index contributed by atoms with van der Waals surface area (Å²) in [6.45, 7) is 2.56. The first-order chi connectivity index (χ1) is 23.1. The van der Waals surface area contributed by atoms with Crippen molar-refractivity contribution >= 4 is 27.7 Å². The summed E-state index contributed by atoms with van der Waals surface area (Å²) >= 11 is 0. The molecule has 6 aromatic rings. The zero-order valence-corrected chi connectivity index (χ0v) is 26.9. The number of amides is 1. The van der Waals surface area contributed by atoms with Gasteiger partial charge in [0.05, 0.1) is 32.6 Å². The Labute approximate surface area is 273 Å². The highest BCUT2D eigenvalue weighted by molar-refractivity contribution is 5.85. The van der Waals surface area contributed by atoms with Crippen molar-refractivity contribution in [2.75, 3.05) is 33.9 Å². The minimum absolute atomic E-state index is 0.0412. The fraction of sp³-hybridized carbons (Fsp3) is 0.324. The van der Waals surface area contributed by atoms with Gasteiger partial charge in [-0.3, -0.25) is 4.79 Å². The van der Waals surface area contributed by atoms with Gasteiger partial charge in [0.15, 0.2) is 0 Å². The highest BCUT2D eigenvalue weighted by Gasteiger charge is 2.28. The second-order valence-electron chi connectivity index (χ2n) is 12.2. The Balaban J connectivity index is 1.28. The Morgan fingerprint density at radius 3 is 2.51 bits per heavy atom. The van der Waals surface area contributed by atoms with Gasteiger partial charge >= 0.3 is 0 Å². The Hall–Kier alpha value is -5.09. The van der Waals surface area contributed by atoms with Crippen molar-refractivity contribution in [2.45, 2.75) is 38.1 Å². The number of fused-ring (bicyclic) bond motifs is 2. The SMILES string of the molecule is COc1ccc(Cn2c(CCc3c[nH]c4ccccc34)nnc2C(CNC(=O)[C@@H]2CCCNC2)c2c[nH]c3ccccc23)c(OC)c1. The number of aromatic amines is 2. The van der Waals surface area contributed by atoms with Crippen molar-refractivity contribution in [3.63, 3.8) is 0 Å². The van der Waals surface area contributed by atoms with Crippen molar-refractivity contribution in [3.8, 4) is 11.5 Å². The van der Waals surface area contributed by atoms with Crippen LogP contribution >= 0.6 is 0 Å². The maximum Gasteiger partial charge on any atom is 0.224 e. The first-order valence-corrected chi connectivity index (χ1v) is 16.3. The fourth-order valence-electron chi connectivity index (χ4n) is 6.85. The first-order valence-electron chi connectivity index (χ1n) is 16.3. The van der Waals surface area contributed by atoms with E-state index in [1.165, 1.54) is 10.9 Å². The molecule has 4 N–H and O–H groups in total. The molecule has 1 fully saturated rings. The monoisotopic (exact) mass is 631 g/mol. The van der Waals surface area contributed by atoms with Crippen LogP contribution in [0.25, 0.3) is 21.8 Å². The van der Waals surface area contributed by atoms with Crippen LogP contribution in [0.4, 0.5) is 0 Å². The summed E-state index contributed by atoms with van der Waals surface area (Å²) in [5.41, 5.74) is 5.45. The van der Waals surface area contributed by atoms with Gasteiger partial charge in [0.2, 0.25) is 5.91 Å². The van der Waals surface area contributed by atoms with Crippen molar-refractivity contribution in [1.82, 2.24) is 35.4 Å². The summed E-state index contributed by atoms with van der Waals surface area (Å²) in [4.78, 5) is 20.2. The molecule has 0 spiro atoms. The molecule has 1 saturated heterocycles. The van der Waals surface area contributed by atoms with Gasteiger partial charge in [0, 0.05) is 65.3 Å². The highest BCUT2D eigenvalue weighted by Crippen LogP contribution is 2.33. The average Bonchev–Trinajstić information content (AvgIpc) is 3.85. The van der Waals surface area contributed by atoms with Crippen LogP contribution in [0.1, 0.15) is 47.1 Å². The molecule has 1 aliphatic rings. The molecular formula is C37H41N7O3.